The van der Waals surface area contributed by atoms with Gasteiger partial charge in [-0.25, -0.2) is 0 Å². The molecule has 1 unspecified atom stereocenters. The molecule has 0 bridgehead atoms. The summed E-state index contributed by atoms with van der Waals surface area (Å²) in [7, 11) is 0. The summed E-state index contributed by atoms with van der Waals surface area (Å²) in [5, 5.41) is 4.08. The molecule has 0 spiro atoms. The number of rotatable bonds is 6. The van der Waals surface area contributed by atoms with Crippen molar-refractivity contribution < 1.29 is 4.79 Å². The molecule has 0 aromatic heterocycles. The molecule has 21 heavy (non-hydrogen) atoms. The number of carbonyl (C=O) groups is 1. The van der Waals surface area contributed by atoms with Gasteiger partial charge in [0, 0.05) is 18.1 Å². The number of hydrogen-bond acceptors (Lipinski definition) is 3. The Balaban J connectivity index is 2.23. The van der Waals surface area contributed by atoms with Crippen LogP contribution in [-0.2, 0) is 0 Å². The summed E-state index contributed by atoms with van der Waals surface area (Å²) in [6, 6.07) is 5.30. The Labute approximate surface area is 131 Å². The average molecular weight is 310 g/mol. The maximum absolute atomic E-state index is 11.7. The predicted molar refractivity (Wildman–Crippen MR) is 88.1 cm³/mol. The lowest BCUT2D eigenvalue weighted by Gasteiger charge is -2.32. The van der Waals surface area contributed by atoms with Gasteiger partial charge in [-0.3, -0.25) is 4.79 Å². The molecule has 1 heterocycles. The van der Waals surface area contributed by atoms with Crippen molar-refractivity contribution in [3.05, 3.63) is 28.8 Å². The van der Waals surface area contributed by atoms with E-state index in [1.807, 2.05) is 6.07 Å². The van der Waals surface area contributed by atoms with Crippen molar-refractivity contribution in [2.75, 3.05) is 31.1 Å². The topological polar surface area (TPSA) is 58.4 Å². The molecule has 2 rings (SSSR count). The Kier molecular flexibility index (Phi) is 5.88. The third-order valence-corrected chi connectivity index (χ3v) is 4.17. The normalized spacial score (nSPS) is 18.5. The Morgan fingerprint density at radius 3 is 2.95 bits per heavy atom. The van der Waals surface area contributed by atoms with Crippen molar-refractivity contribution in [1.82, 2.24) is 5.32 Å². The van der Waals surface area contributed by atoms with Crippen LogP contribution in [0.5, 0.6) is 0 Å². The molecule has 1 aromatic carbocycles. The van der Waals surface area contributed by atoms with E-state index in [1.165, 1.54) is 12.8 Å². The van der Waals surface area contributed by atoms with E-state index in [-0.39, 0.29) is 0 Å². The van der Waals surface area contributed by atoms with Gasteiger partial charge in [0.05, 0.1) is 11.3 Å². The van der Waals surface area contributed by atoms with Gasteiger partial charge in [0.15, 0.2) is 0 Å². The fourth-order valence-corrected chi connectivity index (χ4v) is 3.11. The minimum absolute atomic E-state index is 0.399. The first-order chi connectivity index (χ1) is 10.1. The molecule has 0 radical (unpaired) electrons. The highest BCUT2D eigenvalue weighted by Crippen LogP contribution is 2.27. The third kappa shape index (κ3) is 4.35. The minimum atomic E-state index is -0.399. The van der Waals surface area contributed by atoms with Crippen LogP contribution in [-0.4, -0.2) is 32.1 Å². The van der Waals surface area contributed by atoms with Crippen LogP contribution in [0, 0.1) is 5.92 Å². The average Bonchev–Trinajstić information content (AvgIpc) is 2.47. The highest BCUT2D eigenvalue weighted by molar-refractivity contribution is 6.31. The minimum Gasteiger partial charge on any atom is -0.371 e. The number of piperidine rings is 1. The lowest BCUT2D eigenvalue weighted by molar-refractivity contribution is 0.100. The van der Waals surface area contributed by atoms with Crippen molar-refractivity contribution in [2.45, 2.75) is 26.2 Å². The van der Waals surface area contributed by atoms with E-state index < -0.39 is 5.91 Å². The van der Waals surface area contributed by atoms with E-state index in [9.17, 15) is 4.79 Å². The smallest absolute Gasteiger partial charge is 0.250 e. The Morgan fingerprint density at radius 2 is 2.33 bits per heavy atom. The van der Waals surface area contributed by atoms with Gasteiger partial charge in [-0.15, -0.1) is 0 Å². The van der Waals surface area contributed by atoms with Crippen molar-refractivity contribution in [1.29, 1.82) is 0 Å². The first-order valence-electron chi connectivity index (χ1n) is 7.66. The van der Waals surface area contributed by atoms with Crippen LogP contribution in [0.15, 0.2) is 18.2 Å². The molecule has 1 saturated heterocycles. The predicted octanol–water partition coefficient (Wildman–Crippen LogP) is 2.65. The highest BCUT2D eigenvalue weighted by Gasteiger charge is 2.20. The fraction of sp³-hybridized carbons (Fsp3) is 0.562. The van der Waals surface area contributed by atoms with Crippen LogP contribution in [0.25, 0.3) is 0 Å². The summed E-state index contributed by atoms with van der Waals surface area (Å²) in [6.07, 6.45) is 3.45. The summed E-state index contributed by atoms with van der Waals surface area (Å²) in [5.41, 5.74) is 6.93. The number of carbonyl (C=O) groups excluding carboxylic acids is 1. The Bertz CT molecular complexity index is 486. The van der Waals surface area contributed by atoms with Gasteiger partial charge < -0.3 is 16.0 Å². The van der Waals surface area contributed by atoms with Crippen molar-refractivity contribution in [2.24, 2.45) is 11.7 Å². The first kappa shape index (κ1) is 16.1. The molecule has 0 saturated carbocycles. The lowest BCUT2D eigenvalue weighted by atomic mass is 9.98. The monoisotopic (exact) mass is 309 g/mol. The van der Waals surface area contributed by atoms with E-state index in [1.54, 1.807) is 12.1 Å². The van der Waals surface area contributed by atoms with Crippen LogP contribution < -0.4 is 16.0 Å². The van der Waals surface area contributed by atoms with E-state index in [2.05, 4.69) is 17.1 Å². The second-order valence-electron chi connectivity index (χ2n) is 5.68. The summed E-state index contributed by atoms with van der Waals surface area (Å²) in [6.45, 7) is 6.11. The zero-order valence-electron chi connectivity index (χ0n) is 12.6. The largest absolute Gasteiger partial charge is 0.371 e. The van der Waals surface area contributed by atoms with Gasteiger partial charge >= 0.3 is 0 Å². The number of hydrogen-bond donors (Lipinski definition) is 2. The van der Waals surface area contributed by atoms with E-state index in [0.717, 1.165) is 38.3 Å². The van der Waals surface area contributed by atoms with Gasteiger partial charge in [0.2, 0.25) is 0 Å². The third-order valence-electron chi connectivity index (χ3n) is 3.94. The van der Waals surface area contributed by atoms with Crippen molar-refractivity contribution in [3.63, 3.8) is 0 Å². The van der Waals surface area contributed by atoms with E-state index in [0.29, 0.717) is 16.5 Å². The molecule has 0 aliphatic carbocycles. The second kappa shape index (κ2) is 7.66. The molecule has 116 valence electrons. The first-order valence-corrected chi connectivity index (χ1v) is 8.04. The molecular formula is C16H24ClN3O. The maximum Gasteiger partial charge on any atom is 0.250 e. The molecule has 1 aromatic rings. The number of nitrogens with one attached hydrogen (secondary N) is 1. The van der Waals surface area contributed by atoms with Gasteiger partial charge in [-0.1, -0.05) is 18.5 Å². The molecule has 1 amide bonds. The summed E-state index contributed by atoms with van der Waals surface area (Å²) < 4.78 is 0. The zero-order chi connectivity index (χ0) is 15.2. The van der Waals surface area contributed by atoms with Gasteiger partial charge in [0.25, 0.3) is 5.91 Å². The van der Waals surface area contributed by atoms with Gasteiger partial charge in [-0.05, 0) is 56.5 Å². The highest BCUT2D eigenvalue weighted by atomic mass is 35.5. The number of anilines is 1. The summed E-state index contributed by atoms with van der Waals surface area (Å²) in [5.74, 6) is 0.203. The number of primary amides is 1. The standard InChI is InChI=1S/C16H24ClN3O/c1-2-8-20(11-12-4-3-7-19-10-12)15-9-13(17)5-6-14(15)16(18)21/h5-6,9,12,19H,2-4,7-8,10-11H2,1H3,(H2,18,21). The zero-order valence-corrected chi connectivity index (χ0v) is 13.3. The summed E-state index contributed by atoms with van der Waals surface area (Å²) >= 11 is 6.12. The number of halogens is 1. The molecule has 4 nitrogen and oxygen atoms in total. The Hall–Kier alpha value is -1.26. The second-order valence-corrected chi connectivity index (χ2v) is 6.12. The molecule has 1 aliphatic rings. The van der Waals surface area contributed by atoms with Crippen LogP contribution >= 0.6 is 11.6 Å². The molecule has 1 fully saturated rings. The molecule has 3 N–H and O–H groups in total. The number of nitrogens with two attached hydrogens (primary N) is 1. The van der Waals surface area contributed by atoms with Crippen LogP contribution in [0.2, 0.25) is 5.02 Å². The van der Waals surface area contributed by atoms with Crippen LogP contribution in [0.3, 0.4) is 0 Å². The van der Waals surface area contributed by atoms with E-state index in [4.69, 9.17) is 17.3 Å². The van der Waals surface area contributed by atoms with Crippen molar-refractivity contribution in [3.8, 4) is 0 Å². The Morgan fingerprint density at radius 1 is 1.52 bits per heavy atom. The van der Waals surface area contributed by atoms with Crippen LogP contribution in [0.1, 0.15) is 36.5 Å². The molecular weight excluding hydrogens is 286 g/mol. The SMILES string of the molecule is CCCN(CC1CCCNC1)c1cc(Cl)ccc1C(N)=O. The number of nitrogens with zero attached hydrogens (tertiary/aromatic N) is 1. The molecule has 1 atom stereocenters. The fourth-order valence-electron chi connectivity index (χ4n) is 2.95. The molecule has 1 aliphatic heterocycles. The van der Waals surface area contributed by atoms with Gasteiger partial charge in [-0.2, -0.15) is 0 Å². The van der Waals surface area contributed by atoms with Crippen molar-refractivity contribution >= 4 is 23.2 Å². The summed E-state index contributed by atoms with van der Waals surface area (Å²) in [4.78, 5) is 13.9. The number of benzene rings is 1. The van der Waals surface area contributed by atoms with Gasteiger partial charge in [0.1, 0.15) is 0 Å². The maximum atomic E-state index is 11.7. The lowest BCUT2D eigenvalue weighted by Crippen LogP contribution is -2.39. The molecule has 5 heteroatoms. The number of amides is 1. The quantitative estimate of drug-likeness (QED) is 0.849. The van der Waals surface area contributed by atoms with E-state index >= 15 is 0 Å². The van der Waals surface area contributed by atoms with Crippen LogP contribution in [0.4, 0.5) is 5.69 Å².